The molecule has 0 aliphatic carbocycles. The maximum atomic E-state index is 13.7. The van der Waals surface area contributed by atoms with Gasteiger partial charge in [0.1, 0.15) is 5.25 Å². The van der Waals surface area contributed by atoms with Crippen molar-refractivity contribution < 1.29 is 72.4 Å². The Labute approximate surface area is 348 Å². The van der Waals surface area contributed by atoms with Gasteiger partial charge in [0.15, 0.2) is 5.25 Å². The van der Waals surface area contributed by atoms with Crippen molar-refractivity contribution >= 4 is 51.5 Å². The monoisotopic (exact) mass is 935 g/mol. The van der Waals surface area contributed by atoms with Crippen molar-refractivity contribution in [1.82, 2.24) is 4.90 Å². The number of rotatable bonds is 38. The molecule has 0 aromatic heterocycles. The van der Waals surface area contributed by atoms with Gasteiger partial charge in [-0.15, -0.1) is 0 Å². The maximum Gasteiger partial charge on any atom is 0.331 e. The van der Waals surface area contributed by atoms with Crippen molar-refractivity contribution in [1.29, 1.82) is 0 Å². The van der Waals surface area contributed by atoms with E-state index in [9.17, 15) is 72.4 Å². The van der Waals surface area contributed by atoms with Crippen LogP contribution in [0.15, 0.2) is 0 Å². The van der Waals surface area contributed by atoms with Gasteiger partial charge < -0.3 is 24.5 Å². The summed E-state index contributed by atoms with van der Waals surface area (Å²) in [5, 5.41) is -5.33. The molecule has 58 heavy (non-hydrogen) atoms. The Morgan fingerprint density at radius 3 is 1.21 bits per heavy atom. The largest absolute Gasteiger partial charge is 0.340 e. The van der Waals surface area contributed by atoms with Crippen molar-refractivity contribution in [2.24, 2.45) is 0 Å². The van der Waals surface area contributed by atoms with Gasteiger partial charge in [0.25, 0.3) is 30.4 Å². The third-order valence-corrected chi connectivity index (χ3v) is 16.8. The fourth-order valence-corrected chi connectivity index (χ4v) is 12.4. The molecule has 0 fully saturated rings. The lowest BCUT2D eigenvalue weighted by molar-refractivity contribution is -0.130. The summed E-state index contributed by atoms with van der Waals surface area (Å²) in [7, 11) is -25.1. The minimum Gasteiger partial charge on any atom is -0.340 e. The SMILES string of the molecule is CCCCCCCCCCCCCCCC(C(CN(CCP(=O)(O)O)C(=O)C(CCCCCCC(CCCCCCC)S(=O)(=O)O)S(=O)(=O)O)P(=O)(O)O)S(=O)(=O)O. The van der Waals surface area contributed by atoms with E-state index in [-0.39, 0.29) is 32.1 Å². The zero-order chi connectivity index (χ0) is 44.5. The van der Waals surface area contributed by atoms with Crippen LogP contribution in [-0.4, -0.2) is 110 Å². The molecule has 0 aliphatic heterocycles. The first-order valence-electron chi connectivity index (χ1n) is 21.1. The lowest BCUT2D eigenvalue weighted by Crippen LogP contribution is -2.50. The molecule has 4 unspecified atom stereocenters. The quantitative estimate of drug-likeness (QED) is 0.0179. The van der Waals surface area contributed by atoms with Crippen LogP contribution in [0.4, 0.5) is 0 Å². The number of carbonyl (C=O) groups is 1. The molecule has 7 N–H and O–H groups in total. The van der Waals surface area contributed by atoms with Gasteiger partial charge in [-0.05, 0) is 25.7 Å². The second kappa shape index (κ2) is 29.7. The van der Waals surface area contributed by atoms with Crippen LogP contribution in [0.25, 0.3) is 0 Å². The minimum absolute atomic E-state index is 0.0231. The zero-order valence-electron chi connectivity index (χ0n) is 34.7. The number of unbranched alkanes of at least 4 members (excludes halogenated alkanes) is 19. The summed E-state index contributed by atoms with van der Waals surface area (Å²) in [6.07, 6.45) is 16.2. The average molecular weight is 936 g/mol. The molecule has 0 saturated heterocycles. The van der Waals surface area contributed by atoms with E-state index in [1.165, 1.54) is 32.1 Å². The third kappa shape index (κ3) is 28.2. The Kier molecular flexibility index (Phi) is 29.5. The molecule has 0 radical (unpaired) electrons. The summed E-state index contributed by atoms with van der Waals surface area (Å²) in [5.74, 6) is -1.47. The van der Waals surface area contributed by atoms with E-state index >= 15 is 0 Å². The van der Waals surface area contributed by atoms with Crippen LogP contribution in [0.1, 0.15) is 181 Å². The van der Waals surface area contributed by atoms with Crippen LogP contribution in [0.5, 0.6) is 0 Å². The molecule has 17 nitrogen and oxygen atoms in total. The van der Waals surface area contributed by atoms with E-state index in [0.717, 1.165) is 57.8 Å². The van der Waals surface area contributed by atoms with E-state index < -0.39 is 105 Å². The molecule has 0 spiro atoms. The van der Waals surface area contributed by atoms with Gasteiger partial charge in [0.05, 0.1) is 17.1 Å². The summed E-state index contributed by atoms with van der Waals surface area (Å²) < 4.78 is 128. The van der Waals surface area contributed by atoms with E-state index in [4.69, 9.17) is 0 Å². The molecule has 0 bridgehead atoms. The molecule has 0 aromatic carbocycles. The Balaban J connectivity index is 5.71. The molecule has 22 heteroatoms. The van der Waals surface area contributed by atoms with Crippen LogP contribution >= 0.6 is 15.2 Å². The highest BCUT2D eigenvalue weighted by Crippen LogP contribution is 2.46. The molecule has 0 aliphatic rings. The third-order valence-electron chi connectivity index (χ3n) is 10.6. The topological polar surface area (TPSA) is 298 Å². The second-order valence-corrected chi connectivity index (χ2v) is 24.3. The normalized spacial score (nSPS) is 15.3. The predicted molar refractivity (Wildman–Crippen MR) is 227 cm³/mol. The van der Waals surface area contributed by atoms with Gasteiger partial charge in [0.2, 0.25) is 5.91 Å². The van der Waals surface area contributed by atoms with E-state index in [1.54, 1.807) is 0 Å². The van der Waals surface area contributed by atoms with Gasteiger partial charge in [-0.3, -0.25) is 27.6 Å². The summed E-state index contributed by atoms with van der Waals surface area (Å²) in [5.41, 5.74) is -2.30. The van der Waals surface area contributed by atoms with Crippen LogP contribution in [0, 0.1) is 0 Å². The Morgan fingerprint density at radius 1 is 0.517 bits per heavy atom. The molecule has 4 atom stereocenters. The number of hydrogen-bond donors (Lipinski definition) is 7. The molecule has 1 amide bonds. The Bertz CT molecular complexity index is 1550. The van der Waals surface area contributed by atoms with E-state index in [2.05, 4.69) is 6.92 Å². The molecule has 0 aromatic rings. The average Bonchev–Trinajstić information content (AvgIpc) is 3.08. The van der Waals surface area contributed by atoms with E-state index in [1.807, 2.05) is 6.92 Å². The lowest BCUT2D eigenvalue weighted by Gasteiger charge is -2.33. The number of carbonyl (C=O) groups excluding carboxylic acids is 1. The fourth-order valence-electron chi connectivity index (χ4n) is 7.19. The highest BCUT2D eigenvalue weighted by Gasteiger charge is 2.46. The van der Waals surface area contributed by atoms with Crippen LogP contribution in [0.2, 0.25) is 0 Å². The molecular formula is C36H75NO16P2S3. The van der Waals surface area contributed by atoms with Crippen LogP contribution in [-0.2, 0) is 44.3 Å². The first-order chi connectivity index (χ1) is 26.9. The van der Waals surface area contributed by atoms with Crippen LogP contribution < -0.4 is 0 Å². The molecular weight excluding hydrogens is 861 g/mol. The summed E-state index contributed by atoms with van der Waals surface area (Å²) in [6, 6.07) is 0. The highest BCUT2D eigenvalue weighted by atomic mass is 32.2. The summed E-state index contributed by atoms with van der Waals surface area (Å²) in [6.45, 7) is 2.05. The zero-order valence-corrected chi connectivity index (χ0v) is 38.9. The van der Waals surface area contributed by atoms with Crippen molar-refractivity contribution in [2.75, 3.05) is 19.3 Å². The van der Waals surface area contributed by atoms with Gasteiger partial charge in [-0.25, -0.2) is 0 Å². The van der Waals surface area contributed by atoms with Crippen molar-refractivity contribution in [3.8, 4) is 0 Å². The van der Waals surface area contributed by atoms with Crippen molar-refractivity contribution in [3.05, 3.63) is 0 Å². The molecule has 0 saturated carbocycles. The molecule has 0 heterocycles. The standard InChI is InChI=1S/C36H75NO16P2S3/c1-3-5-7-9-10-11-12-13-14-15-16-18-23-27-34(57(48,49)50)33(55(42,43)44)31-37(29-30-54(39,40)41)36(38)35(58(51,52)53)28-24-20-19-22-26-32(56(45,46)47)25-21-17-8-6-4-2/h32-35H,3-31H2,1-2H3,(H2,39,40,41)(H2,42,43,44)(H,45,46,47)(H,48,49,50)(H,51,52,53). The van der Waals surface area contributed by atoms with Gasteiger partial charge in [-0.1, -0.05) is 155 Å². The number of amides is 1. The minimum atomic E-state index is -5.51. The molecule has 348 valence electrons. The van der Waals surface area contributed by atoms with Gasteiger partial charge >= 0.3 is 15.2 Å². The smallest absolute Gasteiger partial charge is 0.331 e. The van der Waals surface area contributed by atoms with Crippen molar-refractivity contribution in [3.63, 3.8) is 0 Å². The first kappa shape index (κ1) is 57.5. The van der Waals surface area contributed by atoms with E-state index in [0.29, 0.717) is 37.0 Å². The second-order valence-electron chi connectivity index (χ2n) is 15.7. The first-order valence-corrected chi connectivity index (χ1v) is 29.1. The van der Waals surface area contributed by atoms with Crippen LogP contribution in [0.3, 0.4) is 0 Å². The summed E-state index contributed by atoms with van der Waals surface area (Å²) >= 11 is 0. The highest BCUT2D eigenvalue weighted by molar-refractivity contribution is 7.87. The fraction of sp³-hybridized carbons (Fsp3) is 0.972. The molecule has 0 rings (SSSR count). The van der Waals surface area contributed by atoms with Gasteiger partial charge in [0, 0.05) is 13.1 Å². The van der Waals surface area contributed by atoms with Crippen molar-refractivity contribution in [2.45, 2.75) is 202 Å². The maximum absolute atomic E-state index is 13.7. The Morgan fingerprint density at radius 2 is 0.879 bits per heavy atom. The summed E-state index contributed by atoms with van der Waals surface area (Å²) in [4.78, 5) is 53.7. The van der Waals surface area contributed by atoms with Gasteiger partial charge in [-0.2, -0.15) is 25.3 Å². The number of nitrogens with zero attached hydrogens (tertiary/aromatic N) is 1. The number of hydrogen-bond acceptors (Lipinski definition) is 9. The predicted octanol–water partition coefficient (Wildman–Crippen LogP) is 7.49. The Hall–Kier alpha value is -0.500. The lowest BCUT2D eigenvalue weighted by atomic mass is 10.0.